The molecule has 3 aliphatic rings. The minimum Gasteiger partial charge on any atom is -0.349 e. The van der Waals surface area contributed by atoms with E-state index in [1.165, 1.54) is 0 Å². The van der Waals surface area contributed by atoms with Crippen LogP contribution in [0.3, 0.4) is 0 Å². The number of Topliss-reactive ketones (excluding diaryl/α,β-unsaturated/α-hetero) is 2. The molecule has 6 rings (SSSR count). The lowest BCUT2D eigenvalue weighted by atomic mass is 9.77. The summed E-state index contributed by atoms with van der Waals surface area (Å²) in [5.41, 5.74) is 0.0198. The van der Waals surface area contributed by atoms with E-state index in [0.717, 1.165) is 10.5 Å². The number of anilines is 1. The number of ketones is 2. The van der Waals surface area contributed by atoms with Gasteiger partial charge in [-0.15, -0.1) is 0 Å². The largest absolute Gasteiger partial charge is 0.349 e. The van der Waals surface area contributed by atoms with Gasteiger partial charge in [0.2, 0.25) is 29.0 Å². The molecule has 1 aliphatic carbocycles. The number of carbonyl (C=O) groups is 4. The highest BCUT2D eigenvalue weighted by Gasteiger charge is 2.75. The Bertz CT molecular complexity index is 1410. The van der Waals surface area contributed by atoms with Gasteiger partial charge in [0.1, 0.15) is 0 Å². The van der Waals surface area contributed by atoms with E-state index in [0.29, 0.717) is 22.7 Å². The summed E-state index contributed by atoms with van der Waals surface area (Å²) in [6.07, 6.45) is -0.437. The molecule has 0 bridgehead atoms. The molecule has 0 aromatic heterocycles. The van der Waals surface area contributed by atoms with Crippen LogP contribution in [0.15, 0.2) is 72.8 Å². The normalized spacial score (nSPS) is 24.4. The molecule has 2 saturated heterocycles. The molecular formula is C28H20ClNO5. The average Bonchev–Trinajstić information content (AvgIpc) is 3.44. The molecule has 3 aromatic carbocycles. The molecule has 2 amide bonds. The Hall–Kier alpha value is -3.61. The third-order valence-corrected chi connectivity index (χ3v) is 7.69. The van der Waals surface area contributed by atoms with Crippen LogP contribution in [-0.4, -0.2) is 29.0 Å². The Morgan fingerprint density at radius 2 is 1.43 bits per heavy atom. The average molecular weight is 486 g/mol. The number of rotatable bonds is 3. The molecular weight excluding hydrogens is 466 g/mol. The second-order valence-electron chi connectivity index (χ2n) is 9.00. The molecule has 2 fully saturated rings. The van der Waals surface area contributed by atoms with Gasteiger partial charge in [-0.3, -0.25) is 19.2 Å². The third kappa shape index (κ3) is 2.75. The molecule has 7 heteroatoms. The summed E-state index contributed by atoms with van der Waals surface area (Å²) in [4.78, 5) is 56.7. The van der Waals surface area contributed by atoms with Crippen LogP contribution in [-0.2, 0) is 20.7 Å². The van der Waals surface area contributed by atoms with E-state index < -0.39 is 46.9 Å². The Kier molecular flexibility index (Phi) is 4.82. The zero-order valence-electron chi connectivity index (χ0n) is 18.7. The van der Waals surface area contributed by atoms with Crippen molar-refractivity contribution in [1.29, 1.82) is 0 Å². The Morgan fingerprint density at radius 3 is 2.09 bits per heavy atom. The van der Waals surface area contributed by atoms with Gasteiger partial charge in [-0.1, -0.05) is 79.2 Å². The summed E-state index contributed by atoms with van der Waals surface area (Å²) in [6.45, 7) is 1.93. The van der Waals surface area contributed by atoms with Gasteiger partial charge >= 0.3 is 0 Å². The highest BCUT2D eigenvalue weighted by Crippen LogP contribution is 2.58. The van der Waals surface area contributed by atoms with E-state index in [2.05, 4.69) is 0 Å². The number of hydrogen-bond acceptors (Lipinski definition) is 5. The van der Waals surface area contributed by atoms with Crippen LogP contribution in [0.5, 0.6) is 0 Å². The predicted octanol–water partition coefficient (Wildman–Crippen LogP) is 4.60. The van der Waals surface area contributed by atoms with Crippen molar-refractivity contribution < 1.29 is 23.9 Å². The molecule has 35 heavy (non-hydrogen) atoms. The van der Waals surface area contributed by atoms with Gasteiger partial charge in [-0.25, -0.2) is 4.90 Å². The minimum absolute atomic E-state index is 0.198. The molecule has 3 atom stereocenters. The maximum atomic E-state index is 14.0. The summed E-state index contributed by atoms with van der Waals surface area (Å²) < 4.78 is 6.28. The van der Waals surface area contributed by atoms with Crippen LogP contribution in [0.25, 0.3) is 0 Å². The maximum absolute atomic E-state index is 14.0. The number of ether oxygens (including phenoxy) is 1. The van der Waals surface area contributed by atoms with E-state index >= 15 is 0 Å². The monoisotopic (exact) mass is 485 g/mol. The van der Waals surface area contributed by atoms with Gasteiger partial charge in [-0.05, 0) is 24.1 Å². The number of nitrogens with zero attached hydrogens (tertiary/aromatic N) is 1. The molecule has 174 valence electrons. The van der Waals surface area contributed by atoms with Gasteiger partial charge in [0.15, 0.2) is 0 Å². The van der Waals surface area contributed by atoms with Crippen molar-refractivity contribution in [2.75, 3.05) is 4.90 Å². The fourth-order valence-corrected chi connectivity index (χ4v) is 6.01. The van der Waals surface area contributed by atoms with Gasteiger partial charge in [0, 0.05) is 21.7 Å². The zero-order valence-corrected chi connectivity index (χ0v) is 19.5. The lowest BCUT2D eigenvalue weighted by Crippen LogP contribution is -2.51. The van der Waals surface area contributed by atoms with Crippen molar-refractivity contribution in [3.8, 4) is 0 Å². The molecule has 0 radical (unpaired) electrons. The van der Waals surface area contributed by atoms with E-state index in [1.807, 2.05) is 19.1 Å². The first-order chi connectivity index (χ1) is 16.9. The third-order valence-electron chi connectivity index (χ3n) is 7.34. The van der Waals surface area contributed by atoms with Crippen LogP contribution in [0.4, 0.5) is 5.69 Å². The van der Waals surface area contributed by atoms with Gasteiger partial charge in [0.05, 0.1) is 23.6 Å². The lowest BCUT2D eigenvalue weighted by Gasteiger charge is -2.28. The molecule has 0 N–H and O–H groups in total. The number of imide groups is 1. The van der Waals surface area contributed by atoms with Crippen LogP contribution >= 0.6 is 11.6 Å². The number of para-hydroxylation sites is 1. The van der Waals surface area contributed by atoms with Crippen molar-refractivity contribution in [2.45, 2.75) is 25.0 Å². The minimum atomic E-state index is -2.11. The van der Waals surface area contributed by atoms with Crippen LogP contribution in [0.2, 0.25) is 5.02 Å². The molecule has 3 aromatic rings. The summed E-state index contributed by atoms with van der Waals surface area (Å²) in [5.74, 6) is -4.66. The number of halogens is 1. The van der Waals surface area contributed by atoms with Crippen molar-refractivity contribution in [3.63, 3.8) is 0 Å². The first-order valence-electron chi connectivity index (χ1n) is 11.5. The molecule has 2 aliphatic heterocycles. The van der Waals surface area contributed by atoms with E-state index in [9.17, 15) is 19.2 Å². The summed E-state index contributed by atoms with van der Waals surface area (Å²) in [7, 11) is 0. The van der Waals surface area contributed by atoms with Crippen LogP contribution in [0, 0.1) is 11.8 Å². The molecule has 6 nitrogen and oxygen atoms in total. The number of carbonyl (C=O) groups excluding carboxylic acids is 4. The smallest absolute Gasteiger partial charge is 0.241 e. The van der Waals surface area contributed by atoms with E-state index in [1.54, 1.807) is 60.7 Å². The molecule has 0 saturated carbocycles. The van der Waals surface area contributed by atoms with Gasteiger partial charge < -0.3 is 4.74 Å². The fraction of sp³-hybridized carbons (Fsp3) is 0.214. The summed E-state index contributed by atoms with van der Waals surface area (Å²) >= 11 is 6.48. The maximum Gasteiger partial charge on any atom is 0.241 e. The highest BCUT2D eigenvalue weighted by molar-refractivity contribution is 6.37. The topological polar surface area (TPSA) is 80.8 Å². The first kappa shape index (κ1) is 21.9. The van der Waals surface area contributed by atoms with Gasteiger partial charge in [-0.2, -0.15) is 0 Å². The number of amides is 2. The number of benzene rings is 3. The Labute approximate surface area is 206 Å². The number of hydrogen-bond donors (Lipinski definition) is 0. The van der Waals surface area contributed by atoms with Crippen molar-refractivity contribution >= 4 is 40.7 Å². The highest BCUT2D eigenvalue weighted by atomic mass is 35.5. The standard InChI is InChI=1S/C28H20ClNO5/c1-2-15-9-3-8-14-20(15)30-26(33)21-22(27(30)34)28(35-23(21)18-12-6-7-13-19(18)29)24(31)16-10-4-5-11-17(16)25(28)32/h3-14,21-23H,2H2,1H3/t21-,22+,23+/m1/s1. The zero-order chi connectivity index (χ0) is 24.5. The van der Waals surface area contributed by atoms with Crippen LogP contribution in [0.1, 0.15) is 44.9 Å². The predicted molar refractivity (Wildman–Crippen MR) is 128 cm³/mol. The van der Waals surface area contributed by atoms with Crippen LogP contribution < -0.4 is 4.90 Å². The molecule has 0 unspecified atom stereocenters. The molecule has 1 spiro atoms. The Balaban J connectivity index is 1.57. The van der Waals surface area contributed by atoms with Crippen molar-refractivity contribution in [1.82, 2.24) is 0 Å². The fourth-order valence-electron chi connectivity index (χ4n) is 5.77. The van der Waals surface area contributed by atoms with E-state index in [-0.39, 0.29) is 11.1 Å². The van der Waals surface area contributed by atoms with Crippen molar-refractivity contribution in [3.05, 3.63) is 100 Å². The number of aryl methyl sites for hydroxylation is 1. The lowest BCUT2D eigenvalue weighted by molar-refractivity contribution is -0.127. The second kappa shape index (κ2) is 7.70. The van der Waals surface area contributed by atoms with E-state index in [4.69, 9.17) is 16.3 Å². The van der Waals surface area contributed by atoms with Gasteiger partial charge in [0.25, 0.3) is 0 Å². The summed E-state index contributed by atoms with van der Waals surface area (Å²) in [5, 5.41) is 0.330. The first-order valence-corrected chi connectivity index (χ1v) is 11.9. The second-order valence-corrected chi connectivity index (χ2v) is 9.40. The Morgan fingerprint density at radius 1 is 0.829 bits per heavy atom. The summed E-state index contributed by atoms with van der Waals surface area (Å²) in [6, 6.07) is 20.4. The SMILES string of the molecule is CCc1ccccc1N1C(=O)[C@@H]2[C@@H](C1=O)C1(O[C@H]2c2ccccc2Cl)C(=O)c2ccccc2C1=O. The quantitative estimate of drug-likeness (QED) is 0.400. The molecule has 2 heterocycles. The van der Waals surface area contributed by atoms with Crippen molar-refractivity contribution in [2.24, 2.45) is 11.8 Å². The number of fused-ring (bicyclic) bond motifs is 3.